The van der Waals surface area contributed by atoms with Crippen LogP contribution in [0.2, 0.25) is 0 Å². The lowest BCUT2D eigenvalue weighted by molar-refractivity contribution is 0.542. The Bertz CT molecular complexity index is 313. The van der Waals surface area contributed by atoms with Crippen molar-refractivity contribution in [1.82, 2.24) is 15.4 Å². The Morgan fingerprint density at radius 3 is 2.56 bits per heavy atom. The van der Waals surface area contributed by atoms with Gasteiger partial charge in [-0.25, -0.2) is 5.21 Å². The third-order valence-corrected chi connectivity index (χ3v) is 1.53. The fourth-order valence-electron chi connectivity index (χ4n) is 0.329. The van der Waals surface area contributed by atoms with Crippen molar-refractivity contribution in [3.05, 3.63) is 15.1 Å². The number of rotatable bonds is 0. The fourth-order valence-corrected chi connectivity index (χ4v) is 0.556. The first kappa shape index (κ1) is 6.50. The van der Waals surface area contributed by atoms with Gasteiger partial charge in [0.25, 0.3) is 5.95 Å². The van der Waals surface area contributed by atoms with Crippen molar-refractivity contribution in [3.63, 3.8) is 0 Å². The summed E-state index contributed by atoms with van der Waals surface area (Å²) in [4.78, 5) is 0. The molecule has 0 saturated carbocycles. The van der Waals surface area contributed by atoms with Crippen molar-refractivity contribution in [1.29, 1.82) is 0 Å². The molecule has 0 aliphatic rings. The summed E-state index contributed by atoms with van der Waals surface area (Å²) in [5.74, 6) is -0.742. The van der Waals surface area contributed by atoms with E-state index < -0.39 is 5.95 Å². The van der Waals surface area contributed by atoms with Crippen molar-refractivity contribution in [2.24, 2.45) is 0 Å². The summed E-state index contributed by atoms with van der Waals surface area (Å²) in [6.07, 6.45) is 0. The van der Waals surface area contributed by atoms with E-state index >= 15 is 0 Å². The standard InChI is InChI=1S/C3H2FN3S2/c4-2-1(8)3(9)6-7-5-2/h(H,7,8)(H,5,6,9). The van der Waals surface area contributed by atoms with Gasteiger partial charge in [0.1, 0.15) is 9.15 Å². The quantitative estimate of drug-likeness (QED) is 0.567. The van der Waals surface area contributed by atoms with E-state index in [4.69, 9.17) is 0 Å². The molecule has 48 valence electrons. The molecule has 1 aromatic heterocycles. The number of hydrogen-bond donors (Lipinski definition) is 2. The molecule has 6 heteroatoms. The van der Waals surface area contributed by atoms with Crippen LogP contribution in [0.25, 0.3) is 0 Å². The zero-order valence-corrected chi connectivity index (χ0v) is 5.77. The zero-order valence-electron chi connectivity index (χ0n) is 4.14. The van der Waals surface area contributed by atoms with Gasteiger partial charge in [-0.15, -0.1) is 5.10 Å². The van der Waals surface area contributed by atoms with Gasteiger partial charge in [-0.05, 0) is 0 Å². The largest absolute Gasteiger partial charge is 0.273 e. The predicted octanol–water partition coefficient (Wildman–Crippen LogP) is 1.34. The van der Waals surface area contributed by atoms with Crippen LogP contribution in [0.1, 0.15) is 0 Å². The van der Waals surface area contributed by atoms with Gasteiger partial charge in [0.05, 0.1) is 0 Å². The molecule has 0 unspecified atom stereocenters. The minimum Gasteiger partial charge on any atom is -0.273 e. The molecular formula is C3H2FN3S2. The van der Waals surface area contributed by atoms with Crippen molar-refractivity contribution < 1.29 is 4.39 Å². The maximum Gasteiger partial charge on any atom is 0.253 e. The van der Waals surface area contributed by atoms with Crippen molar-refractivity contribution in [2.75, 3.05) is 0 Å². The Morgan fingerprint density at radius 1 is 1.44 bits per heavy atom. The molecule has 0 aromatic carbocycles. The molecule has 0 aliphatic heterocycles. The van der Waals surface area contributed by atoms with E-state index in [0.29, 0.717) is 0 Å². The molecule has 0 spiro atoms. The van der Waals surface area contributed by atoms with Gasteiger partial charge in [-0.3, -0.25) is 5.10 Å². The monoisotopic (exact) mass is 163 g/mol. The van der Waals surface area contributed by atoms with E-state index in [0.717, 1.165) is 0 Å². The summed E-state index contributed by atoms with van der Waals surface area (Å²) in [6, 6.07) is 0. The molecule has 3 nitrogen and oxygen atoms in total. The normalized spacial score (nSPS) is 9.44. The number of aromatic nitrogens is 3. The van der Waals surface area contributed by atoms with Crippen LogP contribution in [0.5, 0.6) is 0 Å². The van der Waals surface area contributed by atoms with Gasteiger partial charge in [-0.1, -0.05) is 24.4 Å². The average molecular weight is 163 g/mol. The minimum atomic E-state index is -0.742. The lowest BCUT2D eigenvalue weighted by atomic mass is 10.7. The van der Waals surface area contributed by atoms with Crippen LogP contribution in [0, 0.1) is 15.1 Å². The van der Waals surface area contributed by atoms with Crippen molar-refractivity contribution in [3.8, 4) is 0 Å². The number of aromatic amines is 2. The second-order valence-electron chi connectivity index (χ2n) is 1.30. The number of hydrogen-bond acceptors (Lipinski definition) is 3. The summed E-state index contributed by atoms with van der Waals surface area (Å²) >= 11 is 9.07. The van der Waals surface area contributed by atoms with Gasteiger partial charge in [-0.2, -0.15) is 4.39 Å². The predicted molar refractivity (Wildman–Crippen MR) is 34.6 cm³/mol. The van der Waals surface area contributed by atoms with Crippen LogP contribution < -0.4 is 0 Å². The van der Waals surface area contributed by atoms with Crippen molar-refractivity contribution >= 4 is 24.4 Å². The topological polar surface area (TPSA) is 44.5 Å². The van der Waals surface area contributed by atoms with Gasteiger partial charge < -0.3 is 0 Å². The Hall–Kier alpha value is -0.620. The molecule has 1 rings (SSSR count). The molecule has 0 saturated heterocycles. The second kappa shape index (κ2) is 2.32. The average Bonchev–Trinajstić information content (AvgIpc) is 1.83. The lowest BCUT2D eigenvalue weighted by Gasteiger charge is -1.84. The second-order valence-corrected chi connectivity index (χ2v) is 2.11. The molecule has 9 heavy (non-hydrogen) atoms. The molecule has 0 bridgehead atoms. The number of nitrogens with one attached hydrogen (secondary N) is 2. The SMILES string of the molecule is Fc1n[nH][nH]c(=S)c1=S. The van der Waals surface area contributed by atoms with Crippen LogP contribution in [-0.2, 0) is 0 Å². The molecule has 1 heterocycles. The smallest absolute Gasteiger partial charge is 0.253 e. The van der Waals surface area contributed by atoms with Gasteiger partial charge >= 0.3 is 0 Å². The molecule has 0 aliphatic carbocycles. The fraction of sp³-hybridized carbons (Fsp3) is 0. The molecule has 2 N–H and O–H groups in total. The number of nitrogens with zero attached hydrogens (tertiary/aromatic N) is 1. The Labute approximate surface area is 59.9 Å². The van der Waals surface area contributed by atoms with E-state index in [1.165, 1.54) is 0 Å². The van der Waals surface area contributed by atoms with E-state index in [-0.39, 0.29) is 9.15 Å². The summed E-state index contributed by atoms with van der Waals surface area (Å²) < 4.78 is 12.4. The van der Waals surface area contributed by atoms with E-state index in [1.807, 2.05) is 0 Å². The first-order valence-corrected chi connectivity index (χ1v) is 2.86. The van der Waals surface area contributed by atoms with Crippen LogP contribution in [0.15, 0.2) is 0 Å². The van der Waals surface area contributed by atoms with E-state index in [1.54, 1.807) is 0 Å². The molecule has 0 amide bonds. The third-order valence-electron chi connectivity index (χ3n) is 0.717. The number of H-pyrrole nitrogens is 2. The van der Waals surface area contributed by atoms with Crippen LogP contribution in [0.3, 0.4) is 0 Å². The Balaban J connectivity index is 3.63. The highest BCUT2D eigenvalue weighted by molar-refractivity contribution is 7.73. The highest BCUT2D eigenvalue weighted by atomic mass is 32.1. The molecule has 0 fully saturated rings. The Kier molecular flexibility index (Phi) is 1.68. The van der Waals surface area contributed by atoms with Gasteiger partial charge in [0.15, 0.2) is 0 Å². The van der Waals surface area contributed by atoms with Crippen LogP contribution >= 0.6 is 24.4 Å². The van der Waals surface area contributed by atoms with Crippen LogP contribution in [-0.4, -0.2) is 15.4 Å². The highest BCUT2D eigenvalue weighted by Crippen LogP contribution is 1.92. The summed E-state index contributed by atoms with van der Waals surface area (Å²) in [6.45, 7) is 0. The molecule has 0 radical (unpaired) electrons. The molecule has 1 aromatic rings. The van der Waals surface area contributed by atoms with Crippen LogP contribution in [0.4, 0.5) is 4.39 Å². The van der Waals surface area contributed by atoms with Gasteiger partial charge in [0.2, 0.25) is 0 Å². The summed E-state index contributed by atoms with van der Waals surface area (Å²) in [5, 5.41) is 7.65. The molecule has 0 atom stereocenters. The highest BCUT2D eigenvalue weighted by Gasteiger charge is 1.92. The lowest BCUT2D eigenvalue weighted by Crippen LogP contribution is -1.91. The first-order chi connectivity index (χ1) is 4.22. The number of halogens is 1. The Morgan fingerprint density at radius 2 is 2.11 bits per heavy atom. The zero-order chi connectivity index (χ0) is 6.85. The third kappa shape index (κ3) is 1.19. The first-order valence-electron chi connectivity index (χ1n) is 2.04. The van der Waals surface area contributed by atoms with Crippen molar-refractivity contribution in [2.45, 2.75) is 0 Å². The maximum absolute atomic E-state index is 12.2. The maximum atomic E-state index is 12.2. The molecular weight excluding hydrogens is 161 g/mol. The van der Waals surface area contributed by atoms with E-state index in [2.05, 4.69) is 39.8 Å². The summed E-state index contributed by atoms with van der Waals surface area (Å²) in [7, 11) is 0. The van der Waals surface area contributed by atoms with Gasteiger partial charge in [0, 0.05) is 0 Å². The van der Waals surface area contributed by atoms with E-state index in [9.17, 15) is 4.39 Å². The minimum absolute atomic E-state index is 0.0521. The summed E-state index contributed by atoms with van der Waals surface area (Å²) in [5.41, 5.74) is 0.